The Labute approximate surface area is 143 Å². The molecule has 0 saturated heterocycles. The maximum atomic E-state index is 8.88. The van der Waals surface area contributed by atoms with Crippen molar-refractivity contribution < 1.29 is 23.7 Å². The van der Waals surface area contributed by atoms with E-state index in [0.717, 1.165) is 0 Å². The van der Waals surface area contributed by atoms with Crippen molar-refractivity contribution in [1.29, 1.82) is 0 Å². The van der Waals surface area contributed by atoms with Gasteiger partial charge in [-0.3, -0.25) is 0 Å². The van der Waals surface area contributed by atoms with Gasteiger partial charge in [-0.15, -0.1) is 0 Å². The molecule has 6 heteroatoms. The van der Waals surface area contributed by atoms with Crippen molar-refractivity contribution in [3.63, 3.8) is 0 Å². The molecule has 0 fully saturated rings. The number of hydrogen-bond donors (Lipinski definition) is 3. The van der Waals surface area contributed by atoms with E-state index >= 15 is 0 Å². The summed E-state index contributed by atoms with van der Waals surface area (Å²) in [6, 6.07) is 0. The summed E-state index contributed by atoms with van der Waals surface area (Å²) in [4.78, 5) is 21.6. The van der Waals surface area contributed by atoms with Gasteiger partial charge < -0.3 is 19.2 Å². The number of hydrogen-bond acceptors (Lipinski definition) is 1. The van der Waals surface area contributed by atoms with Crippen LogP contribution in [0.2, 0.25) is 0 Å². The first kappa shape index (κ1) is 25.3. The minimum absolute atomic E-state index is 1.23. The molecule has 0 unspecified atom stereocenters. The average Bonchev–Trinajstić information content (AvgIpc) is 2.41. The first-order chi connectivity index (χ1) is 10.6. The number of phosphoric acid groups is 1. The molecular weight excluding hydrogens is 313 g/mol. The molecule has 5 nitrogen and oxygen atoms in total. The molecule has 0 radical (unpaired) electrons. The lowest BCUT2D eigenvalue weighted by Gasteiger charge is -2.30. The molecular formula is C17H41NO4P+. The van der Waals surface area contributed by atoms with Crippen LogP contribution in [0, 0.1) is 0 Å². The highest BCUT2D eigenvalue weighted by molar-refractivity contribution is 7.45. The van der Waals surface area contributed by atoms with Gasteiger partial charge in [0.25, 0.3) is 0 Å². The molecule has 0 aliphatic heterocycles. The second kappa shape index (κ2) is 15.6. The van der Waals surface area contributed by atoms with Crippen LogP contribution in [-0.2, 0) is 4.57 Å². The second-order valence-corrected chi connectivity index (χ2v) is 8.10. The summed E-state index contributed by atoms with van der Waals surface area (Å²) in [7, 11) is 0.173. The molecule has 0 amide bonds. The van der Waals surface area contributed by atoms with Gasteiger partial charge in [0.2, 0.25) is 0 Å². The van der Waals surface area contributed by atoms with Gasteiger partial charge >= 0.3 is 7.82 Å². The second-order valence-electron chi connectivity index (χ2n) is 7.08. The normalized spacial score (nSPS) is 12.0. The summed E-state index contributed by atoms with van der Waals surface area (Å²) >= 11 is 0. The zero-order valence-electron chi connectivity index (χ0n) is 15.8. The van der Waals surface area contributed by atoms with Crippen LogP contribution in [0.3, 0.4) is 0 Å². The van der Waals surface area contributed by atoms with Gasteiger partial charge in [0.1, 0.15) is 0 Å². The van der Waals surface area contributed by atoms with Gasteiger partial charge in [-0.25, -0.2) is 4.57 Å². The summed E-state index contributed by atoms with van der Waals surface area (Å²) < 4.78 is 10.1. The number of unbranched alkanes of at least 4 members (excludes halogenated alkanes) is 9. The van der Waals surface area contributed by atoms with Crippen molar-refractivity contribution in [1.82, 2.24) is 0 Å². The van der Waals surface area contributed by atoms with Gasteiger partial charge in [-0.05, 0) is 25.7 Å². The molecule has 0 atom stereocenters. The van der Waals surface area contributed by atoms with E-state index in [-0.39, 0.29) is 0 Å². The third kappa shape index (κ3) is 30.5. The van der Waals surface area contributed by atoms with Crippen molar-refractivity contribution in [3.8, 4) is 0 Å². The van der Waals surface area contributed by atoms with Crippen LogP contribution >= 0.6 is 7.82 Å². The Morgan fingerprint density at radius 2 is 0.913 bits per heavy atom. The molecule has 0 aliphatic rings. The van der Waals surface area contributed by atoms with E-state index in [9.17, 15) is 0 Å². The Bertz CT molecular complexity index is 284. The Morgan fingerprint density at radius 1 is 0.652 bits per heavy atom. The van der Waals surface area contributed by atoms with Crippen LogP contribution in [0.25, 0.3) is 0 Å². The van der Waals surface area contributed by atoms with Gasteiger partial charge in [0.15, 0.2) is 0 Å². The quantitative estimate of drug-likeness (QED) is 0.259. The summed E-state index contributed by atoms with van der Waals surface area (Å²) in [5, 5.41) is 0. The molecule has 0 aliphatic carbocycles. The fourth-order valence-electron chi connectivity index (χ4n) is 2.58. The topological polar surface area (TPSA) is 77.8 Å². The van der Waals surface area contributed by atoms with Crippen molar-refractivity contribution in [2.75, 3.05) is 27.2 Å². The lowest BCUT2D eigenvalue weighted by atomic mass is 10.1. The minimum atomic E-state index is -4.64. The third-order valence-electron chi connectivity index (χ3n) is 3.98. The van der Waals surface area contributed by atoms with Crippen molar-refractivity contribution >= 4 is 7.82 Å². The molecule has 0 bridgehead atoms. The van der Waals surface area contributed by atoms with Crippen molar-refractivity contribution in [2.24, 2.45) is 0 Å². The Kier molecular flexibility index (Phi) is 17.2. The van der Waals surface area contributed by atoms with E-state index in [4.69, 9.17) is 19.2 Å². The SMILES string of the molecule is CCCCCCCCC[N+](C)(C)CCCCCC.O=P(O)(O)O. The van der Waals surface area contributed by atoms with E-state index in [1.807, 2.05) is 0 Å². The highest BCUT2D eigenvalue weighted by atomic mass is 31.2. The van der Waals surface area contributed by atoms with Gasteiger partial charge in [0, 0.05) is 0 Å². The van der Waals surface area contributed by atoms with E-state index in [1.165, 1.54) is 88.2 Å². The van der Waals surface area contributed by atoms with Gasteiger partial charge in [-0.2, -0.15) is 0 Å². The highest BCUT2D eigenvalue weighted by Gasteiger charge is 2.13. The van der Waals surface area contributed by atoms with E-state index in [2.05, 4.69) is 27.9 Å². The number of rotatable bonds is 13. The Hall–Kier alpha value is 0.0700. The van der Waals surface area contributed by atoms with Crippen LogP contribution in [0.4, 0.5) is 0 Å². The van der Waals surface area contributed by atoms with E-state index in [0.29, 0.717) is 0 Å². The molecule has 142 valence electrons. The molecule has 23 heavy (non-hydrogen) atoms. The van der Waals surface area contributed by atoms with Crippen LogP contribution in [0.5, 0.6) is 0 Å². The zero-order valence-corrected chi connectivity index (χ0v) is 16.7. The molecule has 0 saturated carbocycles. The van der Waals surface area contributed by atoms with Gasteiger partial charge in [-0.1, -0.05) is 58.8 Å². The molecule has 0 spiro atoms. The molecule has 0 aromatic carbocycles. The summed E-state index contributed by atoms with van der Waals surface area (Å²) in [5.74, 6) is 0. The summed E-state index contributed by atoms with van der Waals surface area (Å²) in [5.41, 5.74) is 0. The minimum Gasteiger partial charge on any atom is -0.328 e. The number of nitrogens with zero attached hydrogens (tertiary/aromatic N) is 1. The van der Waals surface area contributed by atoms with Crippen LogP contribution in [0.15, 0.2) is 0 Å². The van der Waals surface area contributed by atoms with Crippen molar-refractivity contribution in [2.45, 2.75) is 84.5 Å². The summed E-state index contributed by atoms with van der Waals surface area (Å²) in [6.07, 6.45) is 15.6. The first-order valence-electron chi connectivity index (χ1n) is 9.22. The average molecular weight is 354 g/mol. The Balaban J connectivity index is 0. The lowest BCUT2D eigenvalue weighted by molar-refractivity contribution is -0.890. The maximum absolute atomic E-state index is 8.88. The third-order valence-corrected chi connectivity index (χ3v) is 3.98. The standard InChI is InChI=1S/C17H38N.H3O4P/c1-5-7-9-11-12-13-15-17-18(3,4)16-14-10-8-6-2;1-5(2,3)4/h5-17H2,1-4H3;(H3,1,2,3,4)/q+1;. The molecule has 3 N–H and O–H groups in total. The van der Waals surface area contributed by atoms with Gasteiger partial charge in [0.05, 0.1) is 27.2 Å². The molecule has 0 aromatic heterocycles. The Morgan fingerprint density at radius 3 is 1.26 bits per heavy atom. The monoisotopic (exact) mass is 354 g/mol. The molecule has 0 aromatic rings. The van der Waals surface area contributed by atoms with Crippen molar-refractivity contribution in [3.05, 3.63) is 0 Å². The predicted octanol–water partition coefficient (Wildman–Crippen LogP) is 4.47. The molecule has 0 rings (SSSR count). The molecule has 0 heterocycles. The summed E-state index contributed by atoms with van der Waals surface area (Å²) in [6.45, 7) is 7.33. The van der Waals surface area contributed by atoms with E-state index in [1.54, 1.807) is 0 Å². The lowest BCUT2D eigenvalue weighted by Crippen LogP contribution is -2.41. The maximum Gasteiger partial charge on any atom is 0.466 e. The largest absolute Gasteiger partial charge is 0.466 e. The van der Waals surface area contributed by atoms with Crippen LogP contribution < -0.4 is 0 Å². The fourth-order valence-corrected chi connectivity index (χ4v) is 2.58. The highest BCUT2D eigenvalue weighted by Crippen LogP contribution is 2.25. The van der Waals surface area contributed by atoms with Crippen LogP contribution in [-0.4, -0.2) is 46.3 Å². The first-order valence-corrected chi connectivity index (χ1v) is 10.8. The van der Waals surface area contributed by atoms with E-state index < -0.39 is 7.82 Å². The zero-order chi connectivity index (χ0) is 18.2. The fraction of sp³-hybridized carbons (Fsp3) is 1.00. The van der Waals surface area contributed by atoms with Crippen LogP contribution in [0.1, 0.15) is 84.5 Å². The number of quaternary nitrogens is 1. The predicted molar refractivity (Wildman–Crippen MR) is 98.2 cm³/mol. The smallest absolute Gasteiger partial charge is 0.328 e.